The van der Waals surface area contributed by atoms with E-state index >= 15 is 33.6 Å². The van der Waals surface area contributed by atoms with Crippen molar-refractivity contribution < 1.29 is 70.7 Å². The van der Waals surface area contributed by atoms with Gasteiger partial charge in [-0.1, -0.05) is 117 Å². The minimum absolute atomic E-state index is 0.00485. The number of halogens is 4. The van der Waals surface area contributed by atoms with Crippen molar-refractivity contribution in [2.24, 2.45) is 35.5 Å². The number of likely N-dealkylation sites (N-methyl/N-ethyl adjacent to an activating group) is 7. The zero-order valence-corrected chi connectivity index (χ0v) is 64.4. The molecule has 8 rings (SSSR count). The molecule has 8 fully saturated rings. The van der Waals surface area contributed by atoms with Gasteiger partial charge >= 0.3 is 6.18 Å². The van der Waals surface area contributed by atoms with Crippen LogP contribution < -0.4 is 16.0 Å². The molecule has 3 saturated heterocycles. The molecule has 0 aromatic carbocycles. The van der Waals surface area contributed by atoms with Crippen LogP contribution in [0.25, 0.3) is 0 Å². The third-order valence-corrected chi connectivity index (χ3v) is 25.5. The number of rotatable bonds is 11. The molecule has 3 heterocycles. The summed E-state index contributed by atoms with van der Waals surface area (Å²) in [6.45, 7) is 2.93. The highest BCUT2D eigenvalue weighted by molar-refractivity contribution is 6.21. The van der Waals surface area contributed by atoms with Crippen LogP contribution in [-0.2, 0) is 57.5 Å². The molecule has 12 amide bonds. The van der Waals surface area contributed by atoms with Crippen LogP contribution in [0, 0.1) is 35.5 Å². The Bertz CT molecular complexity index is 3010. The van der Waals surface area contributed by atoms with Gasteiger partial charge < -0.3 is 60.0 Å². The number of alkyl halides is 4. The van der Waals surface area contributed by atoms with Gasteiger partial charge in [-0.3, -0.25) is 57.5 Å². The van der Waals surface area contributed by atoms with E-state index in [0.717, 1.165) is 94.8 Å². The van der Waals surface area contributed by atoms with Crippen LogP contribution >= 0.6 is 11.6 Å². The van der Waals surface area contributed by atoms with Crippen LogP contribution in [0.15, 0.2) is 0 Å². The van der Waals surface area contributed by atoms with Crippen LogP contribution in [0.2, 0.25) is 0 Å². The highest BCUT2D eigenvalue weighted by atomic mass is 35.5. The van der Waals surface area contributed by atoms with Gasteiger partial charge in [0.25, 0.3) is 0 Å². The lowest BCUT2D eigenvalue weighted by Gasteiger charge is -2.43. The topological polar surface area (TPSA) is 270 Å². The molecule has 3 unspecified atom stereocenters. The quantitative estimate of drug-likeness (QED) is 0.171. The predicted octanol–water partition coefficient (Wildman–Crippen LogP) is 7.41. The number of likely N-dealkylation sites (tertiary alicyclic amines) is 1. The van der Waals surface area contributed by atoms with Crippen molar-refractivity contribution in [1.82, 2.24) is 60.0 Å². The smallest absolute Gasteiger partial charge is 0.343 e. The summed E-state index contributed by atoms with van der Waals surface area (Å²) in [4.78, 5) is 193. The number of amides is 12. The summed E-state index contributed by atoms with van der Waals surface area (Å²) in [5.74, 6) is -10.1. The van der Waals surface area contributed by atoms with Crippen LogP contribution in [-0.4, -0.2) is 263 Å². The maximum absolute atomic E-state index is 15.9. The third kappa shape index (κ3) is 21.1. The Morgan fingerprint density at radius 1 is 0.538 bits per heavy atom. The minimum atomic E-state index is -4.51. The number of piperidine rings is 1. The number of hydrogen-bond acceptors (Lipinski definition) is 12. The summed E-state index contributed by atoms with van der Waals surface area (Å²) in [5.41, 5.74) is -1.55. The van der Waals surface area contributed by atoms with Crippen molar-refractivity contribution in [1.29, 1.82) is 0 Å². The third-order valence-electron chi connectivity index (χ3n) is 25.0. The monoisotopic (exact) mass is 1490 g/mol. The highest BCUT2D eigenvalue weighted by Gasteiger charge is 2.52. The lowest BCUT2D eigenvalue weighted by atomic mass is 9.78. The fraction of sp³-hybridized carbons (Fsp3) is 0.842. The Labute approximate surface area is 619 Å². The van der Waals surface area contributed by atoms with Gasteiger partial charge in [0.2, 0.25) is 70.9 Å². The Hall–Kier alpha value is -6.28. The van der Waals surface area contributed by atoms with Crippen molar-refractivity contribution >= 4 is 82.5 Å². The predicted molar refractivity (Wildman–Crippen MR) is 386 cm³/mol. The molecule has 0 aromatic heterocycles. The van der Waals surface area contributed by atoms with E-state index < -0.39 is 168 Å². The van der Waals surface area contributed by atoms with Gasteiger partial charge in [-0.15, -0.1) is 11.6 Å². The van der Waals surface area contributed by atoms with Gasteiger partial charge in [0.1, 0.15) is 47.8 Å². The number of nitrogens with zero attached hydrogens (tertiary/aromatic N) is 9. The van der Waals surface area contributed by atoms with E-state index in [2.05, 4.69) is 16.0 Å². The fourth-order valence-corrected chi connectivity index (χ4v) is 18.6. The Kier molecular flexibility index (Phi) is 30.5. The van der Waals surface area contributed by atoms with Crippen molar-refractivity contribution in [2.45, 2.75) is 285 Å². The standard InChI is InChI=1S/C76H122ClF3N12O12/c1-10-49(2)65-72(102)86(5)47-63(95)84(3)48-64(96)88(7)59(44-51-28-17-12-18-29-51)70(100)85(4)46-61(93)81-56(36-34-52-33-35-54(55(77)42-52)76(78,79)80)69(99)92-41-25-32-57(92)68(98)83-75(37-21-22-38-75)74(104)90(9)66(53-30-19-13-20-31-53)73(103)89(8)60(71(101)91-39-23-14-24-40-91)45-62(94)87(6)58(67(97)82-65)43-50-26-15-11-16-27-50/h49-60,65-66H,10-48H2,1-9H3,(H,81,93)(H,82,97)(H,83,98)/t49-,52?,54?,55?,56-,57-,58-,59-,60-,65-,66-/m0/s1. The SMILES string of the molecule is CC[C@H](C)[C@@H]1NC(=O)[C@H](CC2CCCCC2)N(C)C(=O)C[C@@H](C(=O)N2CCCCC2)N(C)C(=O)[C@H](C2CCCCC2)N(C)C(=O)C2(CCCC2)NC(=O)[C@@H]2CCCN2C(=O)[C@H](CCC2CCC(C(F)(F)F)C(Cl)C2)NC(=O)CN(C)C(=O)[C@H](CC2CCCCC2)N(C)C(=O)CN(C)C(=O)CN(C)C1=O. The van der Waals surface area contributed by atoms with E-state index in [1.165, 1.54) is 76.6 Å². The fourth-order valence-electron chi connectivity index (χ4n) is 18.1. The second-order valence-corrected chi connectivity index (χ2v) is 32.9. The number of nitrogens with one attached hydrogen (secondary N) is 3. The molecule has 3 aliphatic heterocycles. The van der Waals surface area contributed by atoms with Gasteiger partial charge in [-0.05, 0) is 132 Å². The lowest BCUT2D eigenvalue weighted by Crippen LogP contribution is -2.65. The summed E-state index contributed by atoms with van der Waals surface area (Å²) in [6.07, 6.45) is 12.7. The summed E-state index contributed by atoms with van der Waals surface area (Å²) in [7, 11) is 10.3. The summed E-state index contributed by atoms with van der Waals surface area (Å²) in [6, 6.07) is -8.43. The van der Waals surface area contributed by atoms with E-state index in [0.29, 0.717) is 64.5 Å². The molecule has 28 heteroatoms. The molecule has 11 atom stereocenters. The zero-order chi connectivity index (χ0) is 75.9. The van der Waals surface area contributed by atoms with Crippen molar-refractivity contribution in [3.05, 3.63) is 0 Å². The maximum atomic E-state index is 15.9. The van der Waals surface area contributed by atoms with Crippen molar-refractivity contribution in [2.75, 3.05) is 88.6 Å². The Morgan fingerprint density at radius 2 is 1.10 bits per heavy atom. The first-order valence-corrected chi connectivity index (χ1v) is 39.8. The molecular formula is C76H122ClF3N12O12. The molecule has 586 valence electrons. The van der Waals surface area contributed by atoms with Crippen molar-refractivity contribution in [3.63, 3.8) is 0 Å². The molecule has 24 nitrogen and oxygen atoms in total. The van der Waals surface area contributed by atoms with Gasteiger partial charge in [0.15, 0.2) is 0 Å². The number of carbonyl (C=O) groups is 12. The molecule has 1 spiro atoms. The number of carbonyl (C=O) groups excluding carboxylic acids is 12. The highest BCUT2D eigenvalue weighted by Crippen LogP contribution is 2.44. The molecule has 0 aromatic rings. The maximum Gasteiger partial charge on any atom is 0.393 e. The summed E-state index contributed by atoms with van der Waals surface area (Å²) >= 11 is 6.42. The normalized spacial score (nSPS) is 30.4. The Balaban J connectivity index is 1.17. The van der Waals surface area contributed by atoms with Gasteiger partial charge in [0, 0.05) is 74.3 Å². The molecule has 8 aliphatic rings. The molecular weight excluding hydrogens is 1370 g/mol. The lowest BCUT2D eigenvalue weighted by molar-refractivity contribution is -0.182. The summed E-state index contributed by atoms with van der Waals surface area (Å²) < 4.78 is 42.1. The first-order valence-electron chi connectivity index (χ1n) is 39.4. The van der Waals surface area contributed by atoms with Crippen molar-refractivity contribution in [3.8, 4) is 0 Å². The minimum Gasteiger partial charge on any atom is -0.343 e. The van der Waals surface area contributed by atoms with Gasteiger partial charge in [0.05, 0.1) is 32.0 Å². The molecule has 0 radical (unpaired) electrons. The molecule has 104 heavy (non-hydrogen) atoms. The van der Waals surface area contributed by atoms with E-state index in [9.17, 15) is 37.1 Å². The van der Waals surface area contributed by atoms with Crippen LogP contribution in [0.3, 0.4) is 0 Å². The summed E-state index contributed by atoms with van der Waals surface area (Å²) in [5, 5.41) is 7.76. The largest absolute Gasteiger partial charge is 0.393 e. The van der Waals surface area contributed by atoms with E-state index in [-0.39, 0.29) is 94.4 Å². The van der Waals surface area contributed by atoms with Gasteiger partial charge in [-0.25, -0.2) is 0 Å². The molecule has 3 N–H and O–H groups in total. The number of hydrogen-bond donors (Lipinski definition) is 3. The average Bonchev–Trinajstić information content (AvgIpc) is 1.70. The first-order chi connectivity index (χ1) is 49.3. The van der Waals surface area contributed by atoms with Crippen LogP contribution in [0.5, 0.6) is 0 Å². The van der Waals surface area contributed by atoms with E-state index in [1.807, 2.05) is 6.92 Å². The molecule has 5 aliphatic carbocycles. The molecule has 0 bridgehead atoms. The number of fused-ring (bicyclic) bond motifs is 1. The second kappa shape index (κ2) is 38.0. The zero-order valence-electron chi connectivity index (χ0n) is 63.6. The first kappa shape index (κ1) is 83.4. The molecule has 5 saturated carbocycles. The van der Waals surface area contributed by atoms with Crippen LogP contribution in [0.4, 0.5) is 13.2 Å². The van der Waals surface area contributed by atoms with Gasteiger partial charge in [-0.2, -0.15) is 13.2 Å². The van der Waals surface area contributed by atoms with Crippen LogP contribution in [0.1, 0.15) is 226 Å². The average molecular weight is 1490 g/mol. The van der Waals surface area contributed by atoms with E-state index in [1.54, 1.807) is 18.9 Å². The Morgan fingerprint density at radius 3 is 1.68 bits per heavy atom. The van der Waals surface area contributed by atoms with E-state index in [4.69, 9.17) is 11.6 Å². The second-order valence-electron chi connectivity index (χ2n) is 32.4.